The van der Waals surface area contributed by atoms with Crippen molar-refractivity contribution in [3.63, 3.8) is 0 Å². The summed E-state index contributed by atoms with van der Waals surface area (Å²) in [7, 11) is 0. The average molecular weight is 398 g/mol. The lowest BCUT2D eigenvalue weighted by Crippen LogP contribution is -2.25. The number of hydrogen-bond acceptors (Lipinski definition) is 3. The molecule has 0 heterocycles. The highest BCUT2D eigenvalue weighted by molar-refractivity contribution is 8.15. The lowest BCUT2D eigenvalue weighted by atomic mass is 9.86. The van der Waals surface area contributed by atoms with Gasteiger partial charge in [-0.25, -0.2) is 4.99 Å². The topological polar surface area (TPSA) is 12.4 Å². The Kier molecular flexibility index (Phi) is 7.81. The monoisotopic (exact) mass is 397 g/mol. The quantitative estimate of drug-likeness (QED) is 0.276. The van der Waals surface area contributed by atoms with E-state index in [0.717, 1.165) is 17.2 Å². The second kappa shape index (κ2) is 9.66. The Hall–Kier alpha value is -1.45. The van der Waals surface area contributed by atoms with Crippen molar-refractivity contribution in [2.24, 2.45) is 10.4 Å². The van der Waals surface area contributed by atoms with Crippen molar-refractivity contribution in [3.05, 3.63) is 71.6 Å². The Morgan fingerprint density at radius 3 is 2.00 bits per heavy atom. The van der Waals surface area contributed by atoms with Crippen molar-refractivity contribution >= 4 is 34.3 Å². The minimum absolute atomic E-state index is 0.110. The van der Waals surface area contributed by atoms with Crippen molar-refractivity contribution in [2.75, 3.05) is 0 Å². The van der Waals surface area contributed by atoms with Gasteiger partial charge in [-0.15, -0.1) is 0 Å². The van der Waals surface area contributed by atoms with Gasteiger partial charge in [-0.2, -0.15) is 0 Å². The molecule has 2 rings (SSSR count). The number of rotatable bonds is 6. The molecule has 0 aromatic heterocycles. The summed E-state index contributed by atoms with van der Waals surface area (Å²) in [6.45, 7) is 13.7. The van der Waals surface area contributed by atoms with Gasteiger partial charge in [0, 0.05) is 9.64 Å². The normalized spacial score (nSPS) is 13.7. The number of benzene rings is 2. The van der Waals surface area contributed by atoms with Crippen molar-refractivity contribution in [2.45, 2.75) is 57.6 Å². The zero-order valence-electron chi connectivity index (χ0n) is 17.3. The summed E-state index contributed by atoms with van der Waals surface area (Å²) in [5.41, 5.74) is 2.49. The van der Waals surface area contributed by atoms with Gasteiger partial charge in [-0.1, -0.05) is 94.5 Å². The van der Waals surface area contributed by atoms with Gasteiger partial charge in [-0.3, -0.25) is 0 Å². The van der Waals surface area contributed by atoms with E-state index in [9.17, 15) is 0 Å². The fraction of sp³-hybridized carbons (Fsp3) is 0.375. The van der Waals surface area contributed by atoms with Gasteiger partial charge in [0.25, 0.3) is 0 Å². The summed E-state index contributed by atoms with van der Waals surface area (Å²) >= 11 is 3.63. The van der Waals surface area contributed by atoms with Crippen LogP contribution in [0.25, 0.3) is 0 Å². The van der Waals surface area contributed by atoms with Gasteiger partial charge in [0.05, 0.1) is 5.69 Å². The first-order valence-corrected chi connectivity index (χ1v) is 11.1. The first kappa shape index (κ1) is 21.8. The first-order chi connectivity index (χ1) is 12.6. The van der Waals surface area contributed by atoms with Crippen LogP contribution >= 0.6 is 23.5 Å². The molecule has 0 amide bonds. The van der Waals surface area contributed by atoms with Crippen LogP contribution in [0.1, 0.15) is 48.0 Å². The van der Waals surface area contributed by atoms with Gasteiger partial charge in [0.1, 0.15) is 5.04 Å². The second-order valence-corrected chi connectivity index (χ2v) is 11.2. The predicted molar refractivity (Wildman–Crippen MR) is 125 cm³/mol. The summed E-state index contributed by atoms with van der Waals surface area (Å²) in [5.74, 6) is 0. The van der Waals surface area contributed by atoms with Crippen LogP contribution in [0.2, 0.25) is 0 Å². The van der Waals surface area contributed by atoms with E-state index >= 15 is 0 Å². The van der Waals surface area contributed by atoms with Crippen molar-refractivity contribution in [1.29, 1.82) is 0 Å². The third-order valence-electron chi connectivity index (χ3n) is 3.77. The SMILES string of the molecule is C/C(=C\Sc1ccccc1)C(=Nc1ccccc1)SC(C)(C)CC(C)(C)C. The molecule has 0 aliphatic rings. The Morgan fingerprint density at radius 2 is 1.44 bits per heavy atom. The molecule has 0 atom stereocenters. The molecule has 27 heavy (non-hydrogen) atoms. The van der Waals surface area contributed by atoms with Crippen LogP contribution in [-0.2, 0) is 0 Å². The molecule has 3 heteroatoms. The smallest absolute Gasteiger partial charge is 0.101 e. The molecule has 0 aliphatic heterocycles. The van der Waals surface area contributed by atoms with E-state index in [1.54, 1.807) is 11.8 Å². The molecule has 2 aromatic carbocycles. The zero-order chi connectivity index (χ0) is 19.9. The van der Waals surface area contributed by atoms with E-state index < -0.39 is 0 Å². The first-order valence-electron chi connectivity index (χ1n) is 9.36. The number of nitrogens with zero attached hydrogens (tertiary/aromatic N) is 1. The van der Waals surface area contributed by atoms with Crippen LogP contribution in [0.4, 0.5) is 5.69 Å². The largest absolute Gasteiger partial charge is 0.242 e. The lowest BCUT2D eigenvalue weighted by molar-refractivity contribution is 0.340. The molecule has 0 unspecified atom stereocenters. The lowest BCUT2D eigenvalue weighted by Gasteiger charge is -2.32. The summed E-state index contributed by atoms with van der Waals surface area (Å²) < 4.78 is 0.110. The van der Waals surface area contributed by atoms with Gasteiger partial charge < -0.3 is 0 Å². The van der Waals surface area contributed by atoms with E-state index in [1.165, 1.54) is 10.5 Å². The Balaban J connectivity index is 2.28. The highest BCUT2D eigenvalue weighted by Crippen LogP contribution is 2.39. The minimum Gasteiger partial charge on any atom is -0.242 e. The molecule has 0 spiro atoms. The maximum absolute atomic E-state index is 4.98. The molecule has 0 fully saturated rings. The Bertz CT molecular complexity index is 769. The molecule has 2 aromatic rings. The molecule has 0 bridgehead atoms. The number of para-hydroxylation sites is 1. The van der Waals surface area contributed by atoms with Crippen LogP contribution in [0.3, 0.4) is 0 Å². The van der Waals surface area contributed by atoms with E-state index in [-0.39, 0.29) is 10.2 Å². The molecule has 0 aliphatic carbocycles. The van der Waals surface area contributed by atoms with E-state index in [1.807, 2.05) is 36.0 Å². The highest BCUT2D eigenvalue weighted by atomic mass is 32.2. The van der Waals surface area contributed by atoms with E-state index in [2.05, 4.69) is 83.3 Å². The maximum atomic E-state index is 4.98. The second-order valence-electron chi connectivity index (χ2n) is 8.58. The predicted octanol–water partition coefficient (Wildman–Crippen LogP) is 8.36. The number of hydrogen-bond donors (Lipinski definition) is 0. The molecular weight excluding hydrogens is 366 g/mol. The molecule has 0 saturated carbocycles. The molecule has 0 saturated heterocycles. The third kappa shape index (κ3) is 8.40. The maximum Gasteiger partial charge on any atom is 0.101 e. The molecule has 1 nitrogen and oxygen atoms in total. The van der Waals surface area contributed by atoms with Gasteiger partial charge in [0.15, 0.2) is 0 Å². The molecule has 144 valence electrons. The summed E-state index contributed by atoms with van der Waals surface area (Å²) in [5, 5.41) is 3.32. The van der Waals surface area contributed by atoms with E-state index in [4.69, 9.17) is 4.99 Å². The minimum atomic E-state index is 0.110. The highest BCUT2D eigenvalue weighted by Gasteiger charge is 2.28. The molecule has 0 radical (unpaired) electrons. The molecule has 0 N–H and O–H groups in total. The van der Waals surface area contributed by atoms with Crippen LogP contribution < -0.4 is 0 Å². The van der Waals surface area contributed by atoms with Crippen LogP contribution in [0.5, 0.6) is 0 Å². The standard InChI is InChI=1S/C24H31NS2/c1-19(17-26-21-15-11-8-12-16-21)22(25-20-13-9-7-10-14-20)27-24(5,6)18-23(2,3)4/h7-17H,18H2,1-6H3/b19-17+,25-22?. The van der Waals surface area contributed by atoms with Crippen molar-refractivity contribution in [3.8, 4) is 0 Å². The number of aliphatic imine (C=N–C) groups is 1. The summed E-state index contributed by atoms with van der Waals surface area (Å²) in [6, 6.07) is 20.7. The van der Waals surface area contributed by atoms with Crippen LogP contribution in [0.15, 0.2) is 81.5 Å². The van der Waals surface area contributed by atoms with Gasteiger partial charge in [0.2, 0.25) is 0 Å². The van der Waals surface area contributed by atoms with Crippen LogP contribution in [0, 0.1) is 5.41 Å². The van der Waals surface area contributed by atoms with Crippen LogP contribution in [-0.4, -0.2) is 9.79 Å². The summed E-state index contributed by atoms with van der Waals surface area (Å²) in [6.07, 6.45) is 1.12. The fourth-order valence-electron chi connectivity index (χ4n) is 3.09. The van der Waals surface area contributed by atoms with Crippen molar-refractivity contribution in [1.82, 2.24) is 0 Å². The Labute approximate surface area is 173 Å². The van der Waals surface area contributed by atoms with Gasteiger partial charge >= 0.3 is 0 Å². The average Bonchev–Trinajstić information content (AvgIpc) is 2.58. The Morgan fingerprint density at radius 1 is 0.889 bits per heavy atom. The third-order valence-corrected chi connectivity index (χ3v) is 6.09. The van der Waals surface area contributed by atoms with E-state index in [0.29, 0.717) is 0 Å². The molecular formula is C24H31NS2. The zero-order valence-corrected chi connectivity index (χ0v) is 19.0. The van der Waals surface area contributed by atoms with Gasteiger partial charge in [-0.05, 0) is 54.0 Å². The summed E-state index contributed by atoms with van der Waals surface area (Å²) in [4.78, 5) is 6.23. The van der Waals surface area contributed by atoms with Crippen molar-refractivity contribution < 1.29 is 0 Å². The number of thioether (sulfide) groups is 2. The fourth-order valence-corrected chi connectivity index (χ4v) is 5.31.